The van der Waals surface area contributed by atoms with E-state index < -0.39 is 5.76 Å². The third kappa shape index (κ3) is 6.13. The van der Waals surface area contributed by atoms with E-state index in [9.17, 15) is 14.4 Å². The van der Waals surface area contributed by atoms with Crippen molar-refractivity contribution in [3.63, 3.8) is 0 Å². The van der Waals surface area contributed by atoms with E-state index in [0.717, 1.165) is 76.2 Å². The highest BCUT2D eigenvalue weighted by Crippen LogP contribution is 2.28. The van der Waals surface area contributed by atoms with Gasteiger partial charge in [-0.05, 0) is 62.8 Å². The molecule has 0 unspecified atom stereocenters. The van der Waals surface area contributed by atoms with Crippen LogP contribution in [0.1, 0.15) is 43.7 Å². The van der Waals surface area contributed by atoms with E-state index >= 15 is 0 Å². The summed E-state index contributed by atoms with van der Waals surface area (Å²) in [6.45, 7) is 10.7. The van der Waals surface area contributed by atoms with Gasteiger partial charge in [0.1, 0.15) is 12.6 Å². The Labute approximate surface area is 223 Å². The molecule has 38 heavy (non-hydrogen) atoms. The average Bonchev–Trinajstić information content (AvgIpc) is 3.56. The number of likely N-dealkylation sites (tertiary alicyclic amines) is 2. The van der Waals surface area contributed by atoms with Gasteiger partial charge < -0.3 is 18.8 Å². The Kier molecular flexibility index (Phi) is 8.50. The second-order valence-corrected chi connectivity index (χ2v) is 11.0. The van der Waals surface area contributed by atoms with Gasteiger partial charge in [0.25, 0.3) is 0 Å². The van der Waals surface area contributed by atoms with Crippen molar-refractivity contribution < 1.29 is 23.5 Å². The quantitative estimate of drug-likeness (QED) is 0.518. The van der Waals surface area contributed by atoms with Crippen molar-refractivity contribution in [2.45, 2.75) is 58.0 Å². The minimum Gasteiger partial charge on any atom is -0.463 e. The molecule has 4 heterocycles. The molecule has 0 bridgehead atoms. The van der Waals surface area contributed by atoms with E-state index in [1.165, 1.54) is 0 Å². The van der Waals surface area contributed by atoms with Gasteiger partial charge in [-0.15, -0.1) is 0 Å². The molecule has 10 heteroatoms. The number of amides is 1. The summed E-state index contributed by atoms with van der Waals surface area (Å²) < 4.78 is 16.3. The van der Waals surface area contributed by atoms with Crippen molar-refractivity contribution >= 4 is 23.0 Å². The van der Waals surface area contributed by atoms with E-state index in [1.807, 2.05) is 30.9 Å². The minimum atomic E-state index is -0.464. The maximum atomic E-state index is 13.3. The highest BCUT2D eigenvalue weighted by atomic mass is 16.5. The number of ether oxygens (including phenoxy) is 2. The Morgan fingerprint density at radius 3 is 2.63 bits per heavy atom. The zero-order chi connectivity index (χ0) is 26.6. The van der Waals surface area contributed by atoms with Crippen LogP contribution in [0.4, 0.5) is 0 Å². The van der Waals surface area contributed by atoms with Crippen LogP contribution in [0.25, 0.3) is 11.1 Å². The number of aryl methyl sites for hydroxylation is 1. The summed E-state index contributed by atoms with van der Waals surface area (Å²) in [5.41, 5.74) is 3.16. The standard InChI is InChI=1S/C28H40N4O6/c1-19-16-21(18-24-25(19)29-28(35)38-24)17-20(2)26(33)31-8-5-22(6-9-31)32-7-3-4-23(32)27(34)37-15-12-30-10-13-36-14-11-30/h16,18,20,22-23H,3-15,17H2,1-2H3,(H,29,35)/t20-,23+/m1/s1. The lowest BCUT2D eigenvalue weighted by molar-refractivity contribution is -0.151. The topological polar surface area (TPSA) is 108 Å². The fraction of sp³-hybridized carbons (Fsp3) is 0.679. The lowest BCUT2D eigenvalue weighted by Gasteiger charge is -2.39. The van der Waals surface area contributed by atoms with Crippen LogP contribution in [0.15, 0.2) is 21.3 Å². The van der Waals surface area contributed by atoms with Crippen molar-refractivity contribution in [3.05, 3.63) is 33.8 Å². The molecule has 1 aromatic heterocycles. The number of aromatic amines is 1. The molecule has 2 atom stereocenters. The number of hydrogen-bond donors (Lipinski definition) is 1. The van der Waals surface area contributed by atoms with Gasteiger partial charge in [-0.3, -0.25) is 24.4 Å². The number of carbonyl (C=O) groups is 2. The third-order valence-electron chi connectivity index (χ3n) is 8.32. The summed E-state index contributed by atoms with van der Waals surface area (Å²) in [6.07, 6.45) is 4.18. The molecule has 208 valence electrons. The first-order valence-electron chi connectivity index (χ1n) is 14.0. The number of nitrogens with one attached hydrogen (secondary N) is 1. The molecule has 1 N–H and O–H groups in total. The third-order valence-corrected chi connectivity index (χ3v) is 8.32. The second-order valence-electron chi connectivity index (χ2n) is 11.0. The molecule has 3 fully saturated rings. The Balaban J connectivity index is 1.09. The number of hydrogen-bond acceptors (Lipinski definition) is 8. The van der Waals surface area contributed by atoms with E-state index in [-0.39, 0.29) is 23.8 Å². The Hall–Kier alpha value is -2.69. The lowest BCUT2D eigenvalue weighted by atomic mass is 9.96. The number of piperidine rings is 1. The number of H-pyrrole nitrogens is 1. The second kappa shape index (κ2) is 12.0. The molecule has 10 nitrogen and oxygen atoms in total. The number of oxazole rings is 1. The smallest absolute Gasteiger partial charge is 0.417 e. The predicted molar refractivity (Wildman–Crippen MR) is 142 cm³/mol. The molecule has 0 aliphatic carbocycles. The van der Waals surface area contributed by atoms with Gasteiger partial charge in [-0.25, -0.2) is 4.79 Å². The largest absolute Gasteiger partial charge is 0.463 e. The molecular weight excluding hydrogens is 488 g/mol. The monoisotopic (exact) mass is 528 g/mol. The zero-order valence-electron chi connectivity index (χ0n) is 22.6. The van der Waals surface area contributed by atoms with Crippen LogP contribution >= 0.6 is 0 Å². The summed E-state index contributed by atoms with van der Waals surface area (Å²) in [4.78, 5) is 47.0. The van der Waals surface area contributed by atoms with Crippen LogP contribution in [0.3, 0.4) is 0 Å². The van der Waals surface area contributed by atoms with Gasteiger partial charge in [0.15, 0.2) is 5.58 Å². The van der Waals surface area contributed by atoms with Crippen molar-refractivity contribution in [2.24, 2.45) is 5.92 Å². The first kappa shape index (κ1) is 26.9. The maximum Gasteiger partial charge on any atom is 0.417 e. The maximum absolute atomic E-state index is 13.3. The van der Waals surface area contributed by atoms with Gasteiger partial charge in [0, 0.05) is 44.7 Å². The molecule has 3 aliphatic rings. The Morgan fingerprint density at radius 2 is 1.87 bits per heavy atom. The fourth-order valence-corrected chi connectivity index (χ4v) is 6.26. The number of carbonyl (C=O) groups excluding carboxylic acids is 2. The molecular formula is C28H40N4O6. The number of esters is 1. The Morgan fingerprint density at radius 1 is 1.11 bits per heavy atom. The molecule has 5 rings (SSSR count). The summed E-state index contributed by atoms with van der Waals surface area (Å²) in [5, 5.41) is 0. The summed E-state index contributed by atoms with van der Waals surface area (Å²) >= 11 is 0. The molecule has 0 radical (unpaired) electrons. The van der Waals surface area contributed by atoms with Crippen molar-refractivity contribution in [1.29, 1.82) is 0 Å². The highest BCUT2D eigenvalue weighted by Gasteiger charge is 2.38. The van der Waals surface area contributed by atoms with Gasteiger partial charge in [-0.2, -0.15) is 0 Å². The van der Waals surface area contributed by atoms with Gasteiger partial charge in [0.2, 0.25) is 5.91 Å². The number of aromatic nitrogens is 1. The number of nitrogens with zero attached hydrogens (tertiary/aromatic N) is 3. The van der Waals surface area contributed by atoms with Crippen LogP contribution in [-0.4, -0.2) is 103 Å². The molecule has 0 saturated carbocycles. The zero-order valence-corrected chi connectivity index (χ0v) is 22.6. The summed E-state index contributed by atoms with van der Waals surface area (Å²) in [7, 11) is 0. The number of morpholine rings is 1. The Bertz CT molecular complexity index is 1180. The number of fused-ring (bicyclic) bond motifs is 1. The average molecular weight is 529 g/mol. The lowest BCUT2D eigenvalue weighted by Crippen LogP contribution is -2.51. The highest BCUT2D eigenvalue weighted by molar-refractivity contribution is 5.80. The first-order chi connectivity index (χ1) is 18.4. The van der Waals surface area contributed by atoms with E-state index in [0.29, 0.717) is 43.3 Å². The summed E-state index contributed by atoms with van der Waals surface area (Å²) in [6, 6.07) is 3.99. The SMILES string of the molecule is Cc1cc(C[C@@H](C)C(=O)N2CCC(N3CCC[C@H]3C(=O)OCCN3CCOCC3)CC2)cc2oc(=O)[nH]c12. The van der Waals surface area contributed by atoms with E-state index in [4.69, 9.17) is 13.9 Å². The van der Waals surface area contributed by atoms with Crippen LogP contribution in [0, 0.1) is 12.8 Å². The number of rotatable bonds is 8. The minimum absolute atomic E-state index is 0.103. The normalized spacial score (nSPS) is 22.7. The molecule has 2 aromatic rings. The van der Waals surface area contributed by atoms with Gasteiger partial charge in [0.05, 0.1) is 18.7 Å². The van der Waals surface area contributed by atoms with Crippen molar-refractivity contribution in [1.82, 2.24) is 19.7 Å². The van der Waals surface area contributed by atoms with Crippen LogP contribution in [-0.2, 0) is 25.5 Å². The molecule has 1 aromatic carbocycles. The summed E-state index contributed by atoms with van der Waals surface area (Å²) in [5.74, 6) is -0.589. The molecule has 1 amide bonds. The van der Waals surface area contributed by atoms with Crippen molar-refractivity contribution in [2.75, 3.05) is 59.1 Å². The fourth-order valence-electron chi connectivity index (χ4n) is 6.26. The van der Waals surface area contributed by atoms with E-state index in [1.54, 1.807) is 0 Å². The first-order valence-corrected chi connectivity index (χ1v) is 14.0. The van der Waals surface area contributed by atoms with Gasteiger partial charge >= 0.3 is 11.7 Å². The predicted octanol–water partition coefficient (Wildman–Crippen LogP) is 1.94. The van der Waals surface area contributed by atoms with E-state index in [2.05, 4.69) is 14.8 Å². The van der Waals surface area contributed by atoms with Crippen LogP contribution < -0.4 is 5.76 Å². The van der Waals surface area contributed by atoms with Crippen LogP contribution in [0.5, 0.6) is 0 Å². The number of benzene rings is 1. The molecule has 0 spiro atoms. The van der Waals surface area contributed by atoms with Crippen molar-refractivity contribution in [3.8, 4) is 0 Å². The van der Waals surface area contributed by atoms with Gasteiger partial charge in [-0.1, -0.05) is 13.0 Å². The van der Waals surface area contributed by atoms with Crippen LogP contribution in [0.2, 0.25) is 0 Å². The molecule has 3 saturated heterocycles. The molecule has 3 aliphatic heterocycles.